The molecular formula is C16H22N6O2. The topological polar surface area (TPSA) is 88.3 Å². The van der Waals surface area contributed by atoms with E-state index < -0.39 is 0 Å². The number of carbonyl (C=O) groups excluding carboxylic acids is 1. The van der Waals surface area contributed by atoms with Crippen molar-refractivity contribution in [2.75, 3.05) is 26.2 Å². The maximum atomic E-state index is 12.3. The summed E-state index contributed by atoms with van der Waals surface area (Å²) in [5.41, 5.74) is 0.852. The van der Waals surface area contributed by atoms with Gasteiger partial charge in [0.1, 0.15) is 0 Å². The molecule has 1 saturated heterocycles. The van der Waals surface area contributed by atoms with Gasteiger partial charge in [0.15, 0.2) is 5.82 Å². The summed E-state index contributed by atoms with van der Waals surface area (Å²) < 4.78 is 5.24. The van der Waals surface area contributed by atoms with Crippen molar-refractivity contribution >= 4 is 5.91 Å². The van der Waals surface area contributed by atoms with Crippen LogP contribution in [0.2, 0.25) is 0 Å². The summed E-state index contributed by atoms with van der Waals surface area (Å²) in [5.74, 6) is 1.45. The molecule has 24 heavy (non-hydrogen) atoms. The second kappa shape index (κ2) is 7.48. The van der Waals surface area contributed by atoms with E-state index in [1.165, 1.54) is 0 Å². The molecule has 0 bridgehead atoms. The predicted octanol–water partition coefficient (Wildman–Crippen LogP) is 1.01. The van der Waals surface area contributed by atoms with Gasteiger partial charge in [-0.3, -0.25) is 19.7 Å². The summed E-state index contributed by atoms with van der Waals surface area (Å²) in [6, 6.07) is 0.0723. The summed E-state index contributed by atoms with van der Waals surface area (Å²) in [6.45, 7) is 6.92. The van der Waals surface area contributed by atoms with E-state index in [-0.39, 0.29) is 11.9 Å². The van der Waals surface area contributed by atoms with Gasteiger partial charge in [-0.15, -0.1) is 0 Å². The molecular weight excluding hydrogens is 308 g/mol. The van der Waals surface area contributed by atoms with Crippen LogP contribution in [0, 0.1) is 6.92 Å². The number of nitrogens with zero attached hydrogens (tertiary/aromatic N) is 6. The summed E-state index contributed by atoms with van der Waals surface area (Å²) in [7, 11) is 0. The molecule has 0 aliphatic carbocycles. The third kappa shape index (κ3) is 3.94. The Morgan fingerprint density at radius 1 is 1.29 bits per heavy atom. The molecule has 1 amide bonds. The van der Waals surface area contributed by atoms with E-state index in [0.717, 1.165) is 31.9 Å². The van der Waals surface area contributed by atoms with Gasteiger partial charge in [0.05, 0.1) is 11.7 Å². The van der Waals surface area contributed by atoms with E-state index in [4.69, 9.17) is 4.52 Å². The summed E-state index contributed by atoms with van der Waals surface area (Å²) >= 11 is 0. The lowest BCUT2D eigenvalue weighted by molar-refractivity contribution is -0.133. The first kappa shape index (κ1) is 16.5. The van der Waals surface area contributed by atoms with Crippen LogP contribution < -0.4 is 0 Å². The largest absolute Gasteiger partial charge is 0.340 e. The zero-order chi connectivity index (χ0) is 16.9. The van der Waals surface area contributed by atoms with Crippen LogP contribution in [0.3, 0.4) is 0 Å². The normalized spacial score (nSPS) is 17.0. The molecule has 8 heteroatoms. The van der Waals surface area contributed by atoms with E-state index in [1.54, 1.807) is 18.6 Å². The molecule has 1 atom stereocenters. The van der Waals surface area contributed by atoms with Crippen molar-refractivity contribution in [3.63, 3.8) is 0 Å². The third-order valence-corrected chi connectivity index (χ3v) is 4.33. The van der Waals surface area contributed by atoms with Gasteiger partial charge in [0, 0.05) is 51.2 Å². The summed E-state index contributed by atoms with van der Waals surface area (Å²) in [6.07, 6.45) is 6.09. The first-order valence-corrected chi connectivity index (χ1v) is 8.20. The van der Waals surface area contributed by atoms with Crippen molar-refractivity contribution in [2.24, 2.45) is 0 Å². The molecule has 8 nitrogen and oxygen atoms in total. The van der Waals surface area contributed by atoms with Gasteiger partial charge >= 0.3 is 0 Å². The third-order valence-electron chi connectivity index (χ3n) is 4.33. The van der Waals surface area contributed by atoms with Crippen LogP contribution in [0.15, 0.2) is 23.1 Å². The number of amides is 1. The molecule has 1 fully saturated rings. The minimum atomic E-state index is 0.0723. The average Bonchev–Trinajstić information content (AvgIpc) is 3.06. The lowest BCUT2D eigenvalue weighted by Gasteiger charge is -2.36. The second-order valence-corrected chi connectivity index (χ2v) is 5.97. The van der Waals surface area contributed by atoms with E-state index in [2.05, 4.69) is 31.9 Å². The van der Waals surface area contributed by atoms with Crippen molar-refractivity contribution in [3.8, 4) is 0 Å². The van der Waals surface area contributed by atoms with E-state index in [1.807, 2.05) is 11.8 Å². The van der Waals surface area contributed by atoms with Crippen LogP contribution in [0.4, 0.5) is 0 Å². The minimum Gasteiger partial charge on any atom is -0.340 e. The molecule has 0 spiro atoms. The van der Waals surface area contributed by atoms with Crippen LogP contribution in [0.25, 0.3) is 0 Å². The molecule has 0 N–H and O–H groups in total. The second-order valence-electron chi connectivity index (χ2n) is 5.97. The summed E-state index contributed by atoms with van der Waals surface area (Å²) in [5, 5.41) is 3.84. The number of carbonyl (C=O) groups is 1. The van der Waals surface area contributed by atoms with Crippen LogP contribution in [0.1, 0.15) is 36.8 Å². The Bertz CT molecular complexity index is 666. The summed E-state index contributed by atoms with van der Waals surface area (Å²) in [4.78, 5) is 29.0. The monoisotopic (exact) mass is 330 g/mol. The fourth-order valence-electron chi connectivity index (χ4n) is 2.85. The lowest BCUT2D eigenvalue weighted by atomic mass is 10.2. The Balaban J connectivity index is 1.47. The highest BCUT2D eigenvalue weighted by molar-refractivity contribution is 5.76. The lowest BCUT2D eigenvalue weighted by Crippen LogP contribution is -2.49. The molecule has 128 valence electrons. The Hall–Kier alpha value is -2.35. The Morgan fingerprint density at radius 2 is 2.08 bits per heavy atom. The highest BCUT2D eigenvalue weighted by Crippen LogP contribution is 2.20. The maximum absolute atomic E-state index is 12.3. The van der Waals surface area contributed by atoms with Gasteiger partial charge in [0.2, 0.25) is 11.8 Å². The number of aromatic nitrogens is 4. The maximum Gasteiger partial charge on any atom is 0.243 e. The predicted molar refractivity (Wildman–Crippen MR) is 86.0 cm³/mol. The zero-order valence-electron chi connectivity index (χ0n) is 14.1. The van der Waals surface area contributed by atoms with Gasteiger partial charge in [0.25, 0.3) is 0 Å². The molecule has 0 aromatic carbocycles. The fourth-order valence-corrected chi connectivity index (χ4v) is 2.85. The standard InChI is InChI=1S/C16H22N6O2/c1-12(16-19-13(2)20-24-16)21-7-9-22(10-8-21)15(23)4-3-14-11-17-5-6-18-14/h5-6,11-12H,3-4,7-10H2,1-2H3. The average molecular weight is 330 g/mol. The van der Waals surface area contributed by atoms with Gasteiger partial charge in [-0.05, 0) is 20.3 Å². The van der Waals surface area contributed by atoms with E-state index in [0.29, 0.717) is 24.6 Å². The van der Waals surface area contributed by atoms with Crippen molar-refractivity contribution in [3.05, 3.63) is 36.0 Å². The highest BCUT2D eigenvalue weighted by Gasteiger charge is 2.27. The molecule has 3 rings (SSSR count). The van der Waals surface area contributed by atoms with Gasteiger partial charge in [-0.25, -0.2) is 0 Å². The van der Waals surface area contributed by atoms with E-state index in [9.17, 15) is 4.79 Å². The molecule has 0 saturated carbocycles. The van der Waals surface area contributed by atoms with Gasteiger partial charge in [-0.2, -0.15) is 4.98 Å². The van der Waals surface area contributed by atoms with Crippen LogP contribution in [-0.2, 0) is 11.2 Å². The number of aryl methyl sites for hydroxylation is 2. The quantitative estimate of drug-likeness (QED) is 0.808. The van der Waals surface area contributed by atoms with Gasteiger partial charge in [-0.1, -0.05) is 5.16 Å². The van der Waals surface area contributed by atoms with Crippen LogP contribution in [0.5, 0.6) is 0 Å². The molecule has 0 radical (unpaired) electrons. The first-order valence-electron chi connectivity index (χ1n) is 8.20. The fraction of sp³-hybridized carbons (Fsp3) is 0.562. The van der Waals surface area contributed by atoms with Crippen molar-refractivity contribution in [1.82, 2.24) is 29.9 Å². The van der Waals surface area contributed by atoms with Gasteiger partial charge < -0.3 is 9.42 Å². The smallest absolute Gasteiger partial charge is 0.243 e. The Morgan fingerprint density at radius 3 is 2.71 bits per heavy atom. The molecule has 2 aromatic rings. The molecule has 1 aliphatic rings. The number of rotatable bonds is 5. The van der Waals surface area contributed by atoms with E-state index >= 15 is 0 Å². The van der Waals surface area contributed by atoms with Crippen molar-refractivity contribution < 1.29 is 9.32 Å². The Labute approximate surface area is 140 Å². The van der Waals surface area contributed by atoms with Crippen molar-refractivity contribution in [1.29, 1.82) is 0 Å². The number of hydrogen-bond donors (Lipinski definition) is 0. The minimum absolute atomic E-state index is 0.0723. The Kier molecular flexibility index (Phi) is 5.14. The number of piperazine rings is 1. The van der Waals surface area contributed by atoms with Crippen LogP contribution >= 0.6 is 0 Å². The highest BCUT2D eigenvalue weighted by atomic mass is 16.5. The molecule has 3 heterocycles. The molecule has 1 aliphatic heterocycles. The first-order chi connectivity index (χ1) is 11.6. The van der Waals surface area contributed by atoms with Crippen LogP contribution in [-0.4, -0.2) is 62.0 Å². The molecule has 1 unspecified atom stereocenters. The molecule has 2 aromatic heterocycles. The number of hydrogen-bond acceptors (Lipinski definition) is 7. The zero-order valence-corrected chi connectivity index (χ0v) is 14.1. The SMILES string of the molecule is Cc1noc(C(C)N2CCN(C(=O)CCc3cnccn3)CC2)n1. The van der Waals surface area contributed by atoms with Crippen molar-refractivity contribution in [2.45, 2.75) is 32.7 Å².